The minimum absolute atomic E-state index is 0.0410. The molecule has 1 fully saturated rings. The van der Waals surface area contributed by atoms with Crippen LogP contribution >= 0.6 is 11.7 Å². The molecule has 3 N–H and O–H groups in total. The quantitative estimate of drug-likeness (QED) is 0.484. The number of hydrogen-bond acceptors (Lipinski definition) is 8. The van der Waals surface area contributed by atoms with E-state index in [0.717, 1.165) is 17.3 Å². The molecular formula is C20H23N5O5S3. The zero-order valence-corrected chi connectivity index (χ0v) is 20.0. The summed E-state index contributed by atoms with van der Waals surface area (Å²) in [5.74, 6) is -0.378. The van der Waals surface area contributed by atoms with Crippen molar-refractivity contribution in [2.24, 2.45) is 11.1 Å². The molecule has 33 heavy (non-hydrogen) atoms. The Balaban J connectivity index is 1.30. The molecule has 2 heterocycles. The lowest BCUT2D eigenvalue weighted by Crippen LogP contribution is -2.43. The second kappa shape index (κ2) is 9.43. The maximum absolute atomic E-state index is 13.1. The zero-order valence-electron chi connectivity index (χ0n) is 17.5. The molecule has 1 aliphatic rings. The van der Waals surface area contributed by atoms with Crippen LogP contribution in [0.4, 0.5) is 0 Å². The summed E-state index contributed by atoms with van der Waals surface area (Å²) in [6.45, 7) is 0.900. The summed E-state index contributed by atoms with van der Waals surface area (Å²) < 4.78 is 58.5. The van der Waals surface area contributed by atoms with Crippen LogP contribution < -0.4 is 10.5 Å². The van der Waals surface area contributed by atoms with E-state index < -0.39 is 20.0 Å². The van der Waals surface area contributed by atoms with Gasteiger partial charge in [0.15, 0.2) is 0 Å². The number of nitrogens with one attached hydrogen (secondary N) is 1. The van der Waals surface area contributed by atoms with Gasteiger partial charge in [0.1, 0.15) is 15.9 Å². The molecule has 0 unspecified atom stereocenters. The van der Waals surface area contributed by atoms with Gasteiger partial charge in [-0.25, -0.2) is 22.0 Å². The number of aromatic nitrogens is 2. The molecule has 1 amide bonds. The van der Waals surface area contributed by atoms with E-state index in [1.165, 1.54) is 22.5 Å². The van der Waals surface area contributed by atoms with Crippen molar-refractivity contribution < 1.29 is 21.6 Å². The van der Waals surface area contributed by atoms with Gasteiger partial charge in [-0.2, -0.15) is 13.1 Å². The molecule has 176 valence electrons. The second-order valence-corrected chi connectivity index (χ2v) is 11.8. The molecule has 1 saturated heterocycles. The SMILES string of the molecule is NS(=O)(=O)c1ccc(CCNC(=O)C2CCN(S(=O)(=O)c3cccc4nsnc34)CC2)cc1. The first kappa shape index (κ1) is 23.7. The maximum atomic E-state index is 13.1. The normalized spacial score (nSPS) is 16.2. The van der Waals surface area contributed by atoms with Crippen molar-refractivity contribution in [2.45, 2.75) is 29.1 Å². The van der Waals surface area contributed by atoms with Crippen LogP contribution in [0.25, 0.3) is 11.0 Å². The lowest BCUT2D eigenvalue weighted by atomic mass is 9.97. The van der Waals surface area contributed by atoms with Gasteiger partial charge in [-0.1, -0.05) is 18.2 Å². The molecule has 0 radical (unpaired) electrons. The van der Waals surface area contributed by atoms with Crippen LogP contribution in [0.2, 0.25) is 0 Å². The van der Waals surface area contributed by atoms with Gasteiger partial charge in [0.2, 0.25) is 26.0 Å². The molecule has 3 aromatic rings. The molecule has 4 rings (SSSR count). The summed E-state index contributed by atoms with van der Waals surface area (Å²) in [5, 5.41) is 7.97. The predicted molar refractivity (Wildman–Crippen MR) is 123 cm³/mol. The van der Waals surface area contributed by atoms with E-state index in [0.29, 0.717) is 36.8 Å². The van der Waals surface area contributed by atoms with Gasteiger partial charge >= 0.3 is 0 Å². The van der Waals surface area contributed by atoms with Crippen LogP contribution in [0.5, 0.6) is 0 Å². The van der Waals surface area contributed by atoms with E-state index >= 15 is 0 Å². The zero-order chi connectivity index (χ0) is 23.6. The average Bonchev–Trinajstić information content (AvgIpc) is 3.28. The number of hydrogen-bond donors (Lipinski definition) is 2. The number of benzene rings is 2. The third kappa shape index (κ3) is 5.22. The smallest absolute Gasteiger partial charge is 0.245 e. The molecule has 1 aliphatic heterocycles. The number of fused-ring (bicyclic) bond motifs is 1. The Kier molecular flexibility index (Phi) is 6.77. The van der Waals surface area contributed by atoms with Gasteiger partial charge in [0.25, 0.3) is 0 Å². The second-order valence-electron chi connectivity index (χ2n) is 7.80. The fraction of sp³-hybridized carbons (Fsp3) is 0.350. The highest BCUT2D eigenvalue weighted by molar-refractivity contribution is 7.89. The molecule has 2 aromatic carbocycles. The largest absolute Gasteiger partial charge is 0.356 e. The van der Waals surface area contributed by atoms with Gasteiger partial charge < -0.3 is 5.32 Å². The Morgan fingerprint density at radius 1 is 1.06 bits per heavy atom. The van der Waals surface area contributed by atoms with E-state index in [9.17, 15) is 21.6 Å². The van der Waals surface area contributed by atoms with Gasteiger partial charge in [-0.15, -0.1) is 0 Å². The standard InChI is InChI=1S/C20H23N5O5S3/c21-32(27,28)16-6-4-14(5-7-16)8-11-22-20(26)15-9-12-25(13-10-15)33(29,30)18-3-1-2-17-19(18)24-31-23-17/h1-7,15H,8-13H2,(H,22,26)(H2,21,27,28). The first-order valence-corrected chi connectivity index (χ1v) is 14.0. The highest BCUT2D eigenvalue weighted by Gasteiger charge is 2.33. The predicted octanol–water partition coefficient (Wildman–Crippen LogP) is 1.10. The molecule has 0 spiro atoms. The number of nitrogens with two attached hydrogens (primary N) is 1. The summed E-state index contributed by atoms with van der Waals surface area (Å²) in [4.78, 5) is 12.7. The lowest BCUT2D eigenvalue weighted by Gasteiger charge is -2.30. The van der Waals surface area contributed by atoms with Crippen molar-refractivity contribution >= 4 is 48.7 Å². The monoisotopic (exact) mass is 509 g/mol. The van der Waals surface area contributed by atoms with Crippen LogP contribution in [-0.2, 0) is 31.3 Å². The van der Waals surface area contributed by atoms with E-state index in [-0.39, 0.29) is 34.7 Å². The Labute approximate surface area is 196 Å². The highest BCUT2D eigenvalue weighted by Crippen LogP contribution is 2.28. The van der Waals surface area contributed by atoms with Crippen LogP contribution in [0.1, 0.15) is 18.4 Å². The molecule has 10 nitrogen and oxygen atoms in total. The minimum atomic E-state index is -3.73. The van der Waals surface area contributed by atoms with Gasteiger partial charge in [0.05, 0.1) is 16.6 Å². The summed E-state index contributed by atoms with van der Waals surface area (Å²) in [5.41, 5.74) is 1.79. The van der Waals surface area contributed by atoms with Crippen LogP contribution in [0, 0.1) is 5.92 Å². The number of piperidine rings is 1. The lowest BCUT2D eigenvalue weighted by molar-refractivity contribution is -0.126. The number of primary sulfonamides is 1. The number of nitrogens with zero attached hydrogens (tertiary/aromatic N) is 3. The molecule has 0 bridgehead atoms. The Morgan fingerprint density at radius 3 is 2.42 bits per heavy atom. The number of rotatable bonds is 7. The van der Waals surface area contributed by atoms with Crippen LogP contribution in [0.3, 0.4) is 0 Å². The summed E-state index contributed by atoms with van der Waals surface area (Å²) >= 11 is 0.973. The summed E-state index contributed by atoms with van der Waals surface area (Å²) in [6.07, 6.45) is 1.40. The highest BCUT2D eigenvalue weighted by atomic mass is 32.2. The molecule has 0 saturated carbocycles. The van der Waals surface area contributed by atoms with Crippen molar-refractivity contribution in [1.82, 2.24) is 18.4 Å². The number of carbonyl (C=O) groups is 1. The van der Waals surface area contributed by atoms with Gasteiger partial charge in [-0.3, -0.25) is 4.79 Å². The van der Waals surface area contributed by atoms with Crippen molar-refractivity contribution in [2.75, 3.05) is 19.6 Å². The van der Waals surface area contributed by atoms with Crippen molar-refractivity contribution in [3.8, 4) is 0 Å². The van der Waals surface area contributed by atoms with E-state index in [4.69, 9.17) is 5.14 Å². The third-order valence-corrected chi connectivity index (χ3v) is 9.06. The fourth-order valence-corrected chi connectivity index (χ4v) is 6.54. The van der Waals surface area contributed by atoms with Gasteiger partial charge in [-0.05, 0) is 49.1 Å². The first-order chi connectivity index (χ1) is 15.7. The Bertz CT molecular complexity index is 1360. The molecular weight excluding hydrogens is 486 g/mol. The average molecular weight is 510 g/mol. The van der Waals surface area contributed by atoms with Crippen molar-refractivity contribution in [3.05, 3.63) is 48.0 Å². The fourth-order valence-electron chi connectivity index (χ4n) is 3.81. The Morgan fingerprint density at radius 2 is 1.76 bits per heavy atom. The molecule has 0 aliphatic carbocycles. The summed E-state index contributed by atoms with van der Waals surface area (Å²) in [7, 11) is -7.45. The van der Waals surface area contributed by atoms with Gasteiger partial charge in [0, 0.05) is 25.6 Å². The van der Waals surface area contributed by atoms with Crippen LogP contribution in [0.15, 0.2) is 52.3 Å². The third-order valence-electron chi connectivity index (χ3n) is 5.66. The van der Waals surface area contributed by atoms with E-state index in [2.05, 4.69) is 14.1 Å². The molecule has 13 heteroatoms. The minimum Gasteiger partial charge on any atom is -0.356 e. The summed E-state index contributed by atoms with van der Waals surface area (Å²) in [6, 6.07) is 11.1. The number of amides is 1. The maximum Gasteiger partial charge on any atom is 0.245 e. The van der Waals surface area contributed by atoms with Crippen molar-refractivity contribution in [3.63, 3.8) is 0 Å². The first-order valence-electron chi connectivity index (χ1n) is 10.3. The topological polar surface area (TPSA) is 152 Å². The van der Waals surface area contributed by atoms with E-state index in [1.807, 2.05) is 0 Å². The van der Waals surface area contributed by atoms with Crippen LogP contribution in [-0.4, -0.2) is 55.4 Å². The number of carbonyl (C=O) groups excluding carboxylic acids is 1. The Hall–Kier alpha value is -2.45. The van der Waals surface area contributed by atoms with Crippen molar-refractivity contribution in [1.29, 1.82) is 0 Å². The molecule has 1 aromatic heterocycles. The van der Waals surface area contributed by atoms with E-state index in [1.54, 1.807) is 24.3 Å². The number of sulfonamides is 2. The molecule has 0 atom stereocenters.